The van der Waals surface area contributed by atoms with E-state index in [-0.39, 0.29) is 22.5 Å². The van der Waals surface area contributed by atoms with Gasteiger partial charge in [-0.15, -0.1) is 0 Å². The van der Waals surface area contributed by atoms with Crippen LogP contribution in [0.2, 0.25) is 0 Å². The van der Waals surface area contributed by atoms with E-state index in [1.54, 1.807) is 18.2 Å². The molecule has 0 saturated heterocycles. The van der Waals surface area contributed by atoms with E-state index in [0.717, 1.165) is 12.2 Å². The Hall–Kier alpha value is -3.74. The van der Waals surface area contributed by atoms with E-state index in [9.17, 15) is 29.4 Å². The highest BCUT2D eigenvalue weighted by molar-refractivity contribution is 6.29. The molecule has 0 bridgehead atoms. The van der Waals surface area contributed by atoms with Gasteiger partial charge in [0.15, 0.2) is 23.1 Å². The summed E-state index contributed by atoms with van der Waals surface area (Å²) in [5.74, 6) is -2.88. The van der Waals surface area contributed by atoms with Gasteiger partial charge in [-0.2, -0.15) is 0 Å². The molecule has 0 spiro atoms. The van der Waals surface area contributed by atoms with Crippen LogP contribution in [0, 0.1) is 0 Å². The normalized spacial score (nSPS) is 14.4. The van der Waals surface area contributed by atoms with Crippen molar-refractivity contribution in [3.8, 4) is 11.5 Å². The Morgan fingerprint density at radius 1 is 0.680 bits per heavy atom. The van der Waals surface area contributed by atoms with Crippen molar-refractivity contribution in [1.29, 1.82) is 0 Å². The van der Waals surface area contributed by atoms with Crippen molar-refractivity contribution in [2.45, 2.75) is 0 Å². The molecule has 2 aromatic rings. The zero-order valence-electron chi connectivity index (χ0n) is 12.6. The number of ketones is 2. The fourth-order valence-corrected chi connectivity index (χ4v) is 2.46. The van der Waals surface area contributed by atoms with Crippen LogP contribution in [0.3, 0.4) is 0 Å². The number of cyclic esters (lactones) is 2. The second-order valence-corrected chi connectivity index (χ2v) is 5.13. The number of hydrogen-bond acceptors (Lipinski definition) is 7. The number of carbonyl (C=O) groups excluding carboxylic acids is 4. The molecule has 0 atom stereocenters. The number of aromatic hydroxyl groups is 2. The number of hydrogen-bond donors (Lipinski definition) is 2. The topological polar surface area (TPSA) is 118 Å². The lowest BCUT2D eigenvalue weighted by Crippen LogP contribution is -2.20. The molecule has 2 aliphatic rings. The number of fused-ring (bicyclic) bond motifs is 2. The molecule has 2 N–H and O–H groups in total. The third kappa shape index (κ3) is 2.78. The number of phenolic OH excluding ortho intramolecular Hbond substituents is 2. The Labute approximate surface area is 140 Å². The Morgan fingerprint density at radius 3 is 1.76 bits per heavy atom. The van der Waals surface area contributed by atoms with Gasteiger partial charge in [-0.3, -0.25) is 9.59 Å². The highest BCUT2D eigenvalue weighted by Crippen LogP contribution is 2.37. The van der Waals surface area contributed by atoms with E-state index >= 15 is 0 Å². The molecular weight excluding hydrogens is 328 g/mol. The summed E-state index contributed by atoms with van der Waals surface area (Å²) in [6.45, 7) is 0. The monoisotopic (exact) mass is 338 g/mol. The van der Waals surface area contributed by atoms with Crippen LogP contribution >= 0.6 is 0 Å². The Bertz CT molecular complexity index is 953. The minimum atomic E-state index is -0.579. The lowest BCUT2D eigenvalue weighted by Gasteiger charge is -2.18. The molecule has 1 heterocycles. The van der Waals surface area contributed by atoms with Gasteiger partial charge in [0.1, 0.15) is 0 Å². The van der Waals surface area contributed by atoms with Crippen LogP contribution in [0.5, 0.6) is 11.5 Å². The van der Waals surface area contributed by atoms with Gasteiger partial charge in [0.05, 0.1) is 5.56 Å². The molecule has 2 aromatic carbocycles. The Morgan fingerprint density at radius 2 is 1.24 bits per heavy atom. The summed E-state index contributed by atoms with van der Waals surface area (Å²) in [7, 11) is 0. The highest BCUT2D eigenvalue weighted by Gasteiger charge is 2.32. The summed E-state index contributed by atoms with van der Waals surface area (Å²) in [6.07, 6.45) is 2.17. The summed E-state index contributed by atoms with van der Waals surface area (Å²) in [6, 6.07) is 8.97. The number of rotatable bonds is 0. The van der Waals surface area contributed by atoms with E-state index < -0.39 is 29.2 Å². The second kappa shape index (κ2) is 6.04. The molecule has 1 aliphatic carbocycles. The Kier molecular flexibility index (Phi) is 3.90. The van der Waals surface area contributed by atoms with Crippen molar-refractivity contribution in [2.24, 2.45) is 0 Å². The third-order valence-corrected chi connectivity index (χ3v) is 3.60. The lowest BCUT2D eigenvalue weighted by atomic mass is 9.83. The van der Waals surface area contributed by atoms with Crippen molar-refractivity contribution >= 4 is 23.5 Å². The predicted molar refractivity (Wildman–Crippen MR) is 83.3 cm³/mol. The molecule has 1 aliphatic heterocycles. The van der Waals surface area contributed by atoms with Crippen molar-refractivity contribution in [2.75, 3.05) is 0 Å². The van der Waals surface area contributed by atoms with Gasteiger partial charge in [-0.05, 0) is 12.1 Å². The van der Waals surface area contributed by atoms with Crippen LogP contribution in [-0.2, 0) is 14.3 Å². The van der Waals surface area contributed by atoms with Gasteiger partial charge >= 0.3 is 11.9 Å². The summed E-state index contributed by atoms with van der Waals surface area (Å²) >= 11 is 0. The first-order valence-electron chi connectivity index (χ1n) is 7.07. The van der Waals surface area contributed by atoms with Gasteiger partial charge in [0, 0.05) is 28.8 Å². The maximum absolute atomic E-state index is 12.2. The fraction of sp³-hybridized carbons (Fsp3) is 0. The quantitative estimate of drug-likeness (QED) is 0.362. The first kappa shape index (κ1) is 16.1. The smallest absolute Gasteiger partial charge is 0.338 e. The molecule has 0 fully saturated rings. The summed E-state index contributed by atoms with van der Waals surface area (Å²) in [4.78, 5) is 44.2. The third-order valence-electron chi connectivity index (χ3n) is 3.60. The molecule has 124 valence electrons. The lowest BCUT2D eigenvalue weighted by molar-refractivity contribution is -0.150. The van der Waals surface area contributed by atoms with Gasteiger partial charge < -0.3 is 14.9 Å². The molecule has 7 heteroatoms. The van der Waals surface area contributed by atoms with E-state index in [2.05, 4.69) is 4.74 Å². The van der Waals surface area contributed by atoms with Gasteiger partial charge in [0.25, 0.3) is 0 Å². The largest absolute Gasteiger partial charge is 0.504 e. The van der Waals surface area contributed by atoms with Gasteiger partial charge in [-0.25, -0.2) is 9.59 Å². The van der Waals surface area contributed by atoms with E-state index in [0.29, 0.717) is 5.56 Å². The molecule has 0 unspecified atom stereocenters. The second-order valence-electron chi connectivity index (χ2n) is 5.13. The Balaban J connectivity index is 0.000000219. The van der Waals surface area contributed by atoms with Crippen LogP contribution in [0.25, 0.3) is 0 Å². The highest BCUT2D eigenvalue weighted by atomic mass is 16.6. The molecule has 0 radical (unpaired) electrons. The van der Waals surface area contributed by atoms with Crippen LogP contribution in [0.4, 0.5) is 0 Å². The maximum atomic E-state index is 12.2. The average Bonchev–Trinajstić information content (AvgIpc) is 2.99. The summed E-state index contributed by atoms with van der Waals surface area (Å²) in [5, 5.41) is 19.1. The number of ether oxygens (including phenoxy) is 1. The molecule has 25 heavy (non-hydrogen) atoms. The molecular formula is C18H10O7. The minimum absolute atomic E-state index is 0.119. The number of phenols is 2. The first-order chi connectivity index (χ1) is 11.9. The SMILES string of the molecule is O=C1C=CC(=O)O1.O=C1c2ccccc2C(=O)c2c1ccc(O)c2O. The van der Waals surface area contributed by atoms with Crippen LogP contribution in [0.15, 0.2) is 48.6 Å². The summed E-state index contributed by atoms with van der Waals surface area (Å²) < 4.78 is 3.97. The number of esters is 2. The number of benzene rings is 2. The summed E-state index contributed by atoms with van der Waals surface area (Å²) in [5.41, 5.74) is 0.559. The van der Waals surface area contributed by atoms with Crippen LogP contribution in [-0.4, -0.2) is 33.7 Å². The number of carbonyl (C=O) groups is 4. The van der Waals surface area contributed by atoms with Gasteiger partial charge in [-0.1, -0.05) is 24.3 Å². The zero-order chi connectivity index (χ0) is 18.1. The van der Waals surface area contributed by atoms with E-state index in [4.69, 9.17) is 0 Å². The molecule has 0 amide bonds. The molecule has 4 rings (SSSR count). The van der Waals surface area contributed by atoms with Crippen molar-refractivity contribution in [3.05, 3.63) is 70.8 Å². The molecule has 0 aromatic heterocycles. The van der Waals surface area contributed by atoms with Crippen molar-refractivity contribution in [1.82, 2.24) is 0 Å². The van der Waals surface area contributed by atoms with E-state index in [1.165, 1.54) is 18.2 Å². The van der Waals surface area contributed by atoms with Crippen LogP contribution in [0.1, 0.15) is 31.8 Å². The predicted octanol–water partition coefficient (Wildman–Crippen LogP) is 1.50. The average molecular weight is 338 g/mol. The van der Waals surface area contributed by atoms with Crippen molar-refractivity contribution < 1.29 is 34.1 Å². The minimum Gasteiger partial charge on any atom is -0.504 e. The fourth-order valence-electron chi connectivity index (χ4n) is 2.46. The maximum Gasteiger partial charge on any atom is 0.338 e. The molecule has 7 nitrogen and oxygen atoms in total. The zero-order valence-corrected chi connectivity index (χ0v) is 12.6. The van der Waals surface area contributed by atoms with Crippen LogP contribution < -0.4 is 0 Å². The first-order valence-corrected chi connectivity index (χ1v) is 7.07. The van der Waals surface area contributed by atoms with E-state index in [1.807, 2.05) is 0 Å². The molecule has 0 saturated carbocycles. The standard InChI is InChI=1S/C14H8O4.C4H2O3/c15-10-6-5-9-11(14(10)18)13(17)8-4-2-1-3-7(8)12(9)16;5-3-1-2-4(6)7-3/h1-6,15,18H;1-2H. The van der Waals surface area contributed by atoms with Gasteiger partial charge in [0.2, 0.25) is 0 Å². The van der Waals surface area contributed by atoms with Crippen molar-refractivity contribution in [3.63, 3.8) is 0 Å².